The zero-order chi connectivity index (χ0) is 14.3. The highest BCUT2D eigenvalue weighted by Gasteiger charge is 2.10. The van der Waals surface area contributed by atoms with E-state index in [1.807, 2.05) is 7.05 Å². The second-order valence-electron chi connectivity index (χ2n) is 4.13. The third-order valence-electron chi connectivity index (χ3n) is 2.45. The van der Waals surface area contributed by atoms with Crippen molar-refractivity contribution >= 4 is 17.7 Å². The first-order chi connectivity index (χ1) is 9.02. The molecule has 8 nitrogen and oxygen atoms in total. The topological polar surface area (TPSA) is 99.5 Å². The van der Waals surface area contributed by atoms with Gasteiger partial charge in [-0.2, -0.15) is 5.10 Å². The number of amides is 2. The molecule has 2 amide bonds. The van der Waals surface area contributed by atoms with Crippen molar-refractivity contribution in [2.45, 2.75) is 13.0 Å². The molecule has 1 aromatic heterocycles. The standard InChI is InChI=1S/C11H19N5O3/c1-12-4-3-5-15(2)11(19)14-9-6-13-16(7-9)8-10(17)18/h6-7,12H,3-5,8H2,1-2H3,(H,14,19)(H,17,18). The Morgan fingerprint density at radius 2 is 2.26 bits per heavy atom. The molecule has 106 valence electrons. The quantitative estimate of drug-likeness (QED) is 0.607. The van der Waals surface area contributed by atoms with Crippen molar-refractivity contribution in [1.29, 1.82) is 0 Å². The molecule has 0 spiro atoms. The van der Waals surface area contributed by atoms with E-state index in [1.165, 1.54) is 17.1 Å². The van der Waals surface area contributed by atoms with Crippen LogP contribution in [-0.4, -0.2) is 59.0 Å². The minimum Gasteiger partial charge on any atom is -0.480 e. The summed E-state index contributed by atoms with van der Waals surface area (Å²) in [5, 5.41) is 18.1. The van der Waals surface area contributed by atoms with Gasteiger partial charge in [0.05, 0.1) is 11.9 Å². The Morgan fingerprint density at radius 1 is 1.53 bits per heavy atom. The molecular weight excluding hydrogens is 250 g/mol. The van der Waals surface area contributed by atoms with Gasteiger partial charge in [0.25, 0.3) is 0 Å². The fourth-order valence-corrected chi connectivity index (χ4v) is 1.47. The van der Waals surface area contributed by atoms with Crippen LogP contribution < -0.4 is 10.6 Å². The van der Waals surface area contributed by atoms with Gasteiger partial charge < -0.3 is 20.6 Å². The van der Waals surface area contributed by atoms with Gasteiger partial charge >= 0.3 is 12.0 Å². The monoisotopic (exact) mass is 269 g/mol. The van der Waals surface area contributed by atoms with Crippen molar-refractivity contribution < 1.29 is 14.7 Å². The second kappa shape index (κ2) is 7.37. The molecule has 0 saturated heterocycles. The lowest BCUT2D eigenvalue weighted by atomic mass is 10.4. The Labute approximate surface area is 111 Å². The number of anilines is 1. The average molecular weight is 269 g/mol. The van der Waals surface area contributed by atoms with Crippen molar-refractivity contribution in [2.24, 2.45) is 0 Å². The molecule has 0 bridgehead atoms. The summed E-state index contributed by atoms with van der Waals surface area (Å²) >= 11 is 0. The maximum Gasteiger partial charge on any atom is 0.325 e. The van der Waals surface area contributed by atoms with Crippen LogP contribution in [0.15, 0.2) is 12.4 Å². The van der Waals surface area contributed by atoms with Crippen molar-refractivity contribution in [3.8, 4) is 0 Å². The highest BCUT2D eigenvalue weighted by Crippen LogP contribution is 2.06. The number of hydrogen-bond donors (Lipinski definition) is 3. The molecule has 0 aliphatic rings. The SMILES string of the molecule is CNCCCN(C)C(=O)Nc1cnn(CC(=O)O)c1. The van der Waals surface area contributed by atoms with Gasteiger partial charge in [-0.25, -0.2) is 4.79 Å². The molecule has 0 aliphatic heterocycles. The lowest BCUT2D eigenvalue weighted by Crippen LogP contribution is -2.33. The molecule has 0 fully saturated rings. The molecule has 19 heavy (non-hydrogen) atoms. The van der Waals surface area contributed by atoms with Gasteiger partial charge in [0, 0.05) is 19.8 Å². The number of aromatic nitrogens is 2. The zero-order valence-electron chi connectivity index (χ0n) is 11.1. The van der Waals surface area contributed by atoms with E-state index in [-0.39, 0.29) is 12.6 Å². The van der Waals surface area contributed by atoms with Gasteiger partial charge in [0.1, 0.15) is 6.54 Å². The number of nitrogens with one attached hydrogen (secondary N) is 2. The molecule has 0 aromatic carbocycles. The molecular formula is C11H19N5O3. The van der Waals surface area contributed by atoms with Crippen molar-refractivity contribution in [3.05, 3.63) is 12.4 Å². The summed E-state index contributed by atoms with van der Waals surface area (Å²) in [6, 6.07) is -0.244. The predicted molar refractivity (Wildman–Crippen MR) is 70.1 cm³/mol. The Balaban J connectivity index is 2.43. The fraction of sp³-hybridized carbons (Fsp3) is 0.545. The van der Waals surface area contributed by atoms with Gasteiger partial charge in [-0.3, -0.25) is 9.48 Å². The Hall–Kier alpha value is -2.09. The van der Waals surface area contributed by atoms with Gasteiger partial charge in [-0.15, -0.1) is 0 Å². The van der Waals surface area contributed by atoms with Gasteiger partial charge in [0.15, 0.2) is 0 Å². The van der Waals surface area contributed by atoms with Crippen LogP contribution in [0.5, 0.6) is 0 Å². The predicted octanol–water partition coefficient (Wildman–Crippen LogP) is 0.0409. The molecule has 8 heteroatoms. The number of nitrogens with zero attached hydrogens (tertiary/aromatic N) is 3. The number of carboxylic acids is 1. The van der Waals surface area contributed by atoms with E-state index in [2.05, 4.69) is 15.7 Å². The van der Waals surface area contributed by atoms with E-state index in [4.69, 9.17) is 5.11 Å². The first-order valence-electron chi connectivity index (χ1n) is 5.94. The number of aliphatic carboxylic acids is 1. The number of carbonyl (C=O) groups is 2. The summed E-state index contributed by atoms with van der Waals surface area (Å²) in [5.41, 5.74) is 0.478. The second-order valence-corrected chi connectivity index (χ2v) is 4.13. The Kier molecular flexibility index (Phi) is 5.80. The van der Waals surface area contributed by atoms with Crippen molar-refractivity contribution in [2.75, 3.05) is 32.5 Å². The number of carbonyl (C=O) groups excluding carboxylic acids is 1. The molecule has 1 aromatic rings. The largest absolute Gasteiger partial charge is 0.480 e. The molecule has 0 saturated carbocycles. The number of rotatable bonds is 7. The minimum atomic E-state index is -0.981. The normalized spacial score (nSPS) is 10.2. The average Bonchev–Trinajstić information content (AvgIpc) is 2.75. The van der Waals surface area contributed by atoms with Gasteiger partial charge in [0.2, 0.25) is 0 Å². The molecule has 0 aliphatic carbocycles. The Morgan fingerprint density at radius 3 is 2.89 bits per heavy atom. The Bertz CT molecular complexity index is 432. The van der Waals surface area contributed by atoms with E-state index in [9.17, 15) is 9.59 Å². The third kappa shape index (κ3) is 5.38. The number of urea groups is 1. The zero-order valence-corrected chi connectivity index (χ0v) is 11.1. The number of hydrogen-bond acceptors (Lipinski definition) is 4. The van der Waals surface area contributed by atoms with Crippen LogP contribution in [0.4, 0.5) is 10.5 Å². The fourth-order valence-electron chi connectivity index (χ4n) is 1.47. The van der Waals surface area contributed by atoms with Crippen molar-refractivity contribution in [1.82, 2.24) is 20.0 Å². The van der Waals surface area contributed by atoms with Crippen LogP contribution in [0.1, 0.15) is 6.42 Å². The summed E-state index contributed by atoms with van der Waals surface area (Å²) < 4.78 is 1.25. The van der Waals surface area contributed by atoms with E-state index < -0.39 is 5.97 Å². The molecule has 0 atom stereocenters. The molecule has 0 radical (unpaired) electrons. The minimum absolute atomic E-state index is 0.228. The van der Waals surface area contributed by atoms with Crippen LogP contribution >= 0.6 is 0 Å². The van der Waals surface area contributed by atoms with Gasteiger partial charge in [-0.05, 0) is 20.0 Å². The molecule has 1 rings (SSSR count). The van der Waals surface area contributed by atoms with Crippen LogP contribution in [0.3, 0.4) is 0 Å². The summed E-state index contributed by atoms with van der Waals surface area (Å²) in [5.74, 6) is -0.981. The first kappa shape index (κ1) is 15.0. The summed E-state index contributed by atoms with van der Waals surface area (Å²) in [6.07, 6.45) is 3.76. The third-order valence-corrected chi connectivity index (χ3v) is 2.45. The maximum atomic E-state index is 11.8. The lowest BCUT2D eigenvalue weighted by molar-refractivity contribution is -0.137. The van der Waals surface area contributed by atoms with E-state index in [0.29, 0.717) is 12.2 Å². The van der Waals surface area contributed by atoms with Crippen LogP contribution in [0, 0.1) is 0 Å². The van der Waals surface area contributed by atoms with E-state index >= 15 is 0 Å². The van der Waals surface area contributed by atoms with E-state index in [0.717, 1.165) is 13.0 Å². The van der Waals surface area contributed by atoms with Crippen LogP contribution in [0.25, 0.3) is 0 Å². The highest BCUT2D eigenvalue weighted by molar-refractivity contribution is 5.88. The van der Waals surface area contributed by atoms with E-state index in [1.54, 1.807) is 11.9 Å². The first-order valence-corrected chi connectivity index (χ1v) is 5.94. The molecule has 0 unspecified atom stereocenters. The van der Waals surface area contributed by atoms with Crippen molar-refractivity contribution in [3.63, 3.8) is 0 Å². The summed E-state index contributed by atoms with van der Waals surface area (Å²) in [6.45, 7) is 1.25. The lowest BCUT2D eigenvalue weighted by Gasteiger charge is -2.16. The summed E-state index contributed by atoms with van der Waals surface area (Å²) in [4.78, 5) is 23.8. The molecule has 1 heterocycles. The van der Waals surface area contributed by atoms with Crippen LogP contribution in [0.2, 0.25) is 0 Å². The summed E-state index contributed by atoms with van der Waals surface area (Å²) in [7, 11) is 3.56. The maximum absolute atomic E-state index is 11.8. The number of carboxylic acid groups (broad SMARTS) is 1. The van der Waals surface area contributed by atoms with Crippen LogP contribution in [-0.2, 0) is 11.3 Å². The van der Waals surface area contributed by atoms with Gasteiger partial charge in [-0.1, -0.05) is 0 Å². The smallest absolute Gasteiger partial charge is 0.325 e. The molecule has 3 N–H and O–H groups in total. The highest BCUT2D eigenvalue weighted by atomic mass is 16.4.